The van der Waals surface area contributed by atoms with Gasteiger partial charge in [0.2, 0.25) is 5.96 Å². The summed E-state index contributed by atoms with van der Waals surface area (Å²) in [5, 5.41) is 8.50. The Bertz CT molecular complexity index is 768. The number of hydrogen-bond acceptors (Lipinski definition) is 5. The molecule has 0 saturated carbocycles. The minimum absolute atomic E-state index is 0.0499. The first kappa shape index (κ1) is 17.0. The number of carbonyl (C=O) groups excluding carboxylic acids is 1. The molecule has 1 fully saturated rings. The standard InChI is InChI=1S/C17H23N7O/c18-16(21-22-19)20-17(25)24-9-7-23(8-10-24)12-13-5-6-14-3-1-2-4-15(14)11-13/h1-6,11,22H,7-10,12,19H2,(H3,18,20,21,25). The number of hydrazone groups is 1. The smallest absolute Gasteiger partial charge is 0.324 e. The predicted molar refractivity (Wildman–Crippen MR) is 98.3 cm³/mol. The number of fused-ring (bicyclic) bond motifs is 1. The Balaban J connectivity index is 1.53. The number of urea groups is 1. The molecule has 8 heteroatoms. The van der Waals surface area contributed by atoms with E-state index in [1.54, 1.807) is 4.90 Å². The summed E-state index contributed by atoms with van der Waals surface area (Å²) in [6, 6.07) is 14.6. The minimum atomic E-state index is -0.262. The van der Waals surface area contributed by atoms with E-state index in [1.165, 1.54) is 16.3 Å². The highest BCUT2D eigenvalue weighted by molar-refractivity contribution is 5.95. The molecule has 0 bridgehead atoms. The van der Waals surface area contributed by atoms with Crippen LogP contribution in [-0.2, 0) is 6.54 Å². The maximum absolute atomic E-state index is 12.1. The topological polar surface area (TPSA) is 112 Å². The highest BCUT2D eigenvalue weighted by atomic mass is 16.2. The van der Waals surface area contributed by atoms with Gasteiger partial charge in [-0.3, -0.25) is 10.2 Å². The molecule has 3 rings (SSSR count). The van der Waals surface area contributed by atoms with Crippen LogP contribution in [0.3, 0.4) is 0 Å². The van der Waals surface area contributed by atoms with Crippen molar-refractivity contribution in [2.24, 2.45) is 16.7 Å². The van der Waals surface area contributed by atoms with Crippen LogP contribution in [0.15, 0.2) is 47.6 Å². The van der Waals surface area contributed by atoms with Gasteiger partial charge in [0.15, 0.2) is 0 Å². The first-order chi connectivity index (χ1) is 12.2. The van der Waals surface area contributed by atoms with Crippen molar-refractivity contribution in [3.05, 3.63) is 48.0 Å². The summed E-state index contributed by atoms with van der Waals surface area (Å²) in [6.45, 7) is 3.78. The number of rotatable bonds is 3. The maximum atomic E-state index is 12.1. The van der Waals surface area contributed by atoms with Crippen LogP contribution >= 0.6 is 0 Å². The van der Waals surface area contributed by atoms with Crippen molar-refractivity contribution < 1.29 is 4.79 Å². The Morgan fingerprint density at radius 1 is 1.08 bits per heavy atom. The summed E-state index contributed by atoms with van der Waals surface area (Å²) in [6.07, 6.45) is 0. The molecular formula is C17H23N7O. The molecule has 2 aromatic carbocycles. The summed E-state index contributed by atoms with van der Waals surface area (Å²) < 4.78 is 0. The molecule has 0 atom stereocenters. The van der Waals surface area contributed by atoms with Crippen LogP contribution in [0, 0.1) is 0 Å². The highest BCUT2D eigenvalue weighted by Gasteiger charge is 2.21. The molecule has 8 nitrogen and oxygen atoms in total. The summed E-state index contributed by atoms with van der Waals surface area (Å²) in [7, 11) is 0. The monoisotopic (exact) mass is 341 g/mol. The Hall–Kier alpha value is -2.84. The average Bonchev–Trinajstić information content (AvgIpc) is 2.62. The highest BCUT2D eigenvalue weighted by Crippen LogP contribution is 2.17. The molecule has 0 aromatic heterocycles. The van der Waals surface area contributed by atoms with E-state index >= 15 is 0 Å². The molecule has 0 radical (unpaired) electrons. The lowest BCUT2D eigenvalue weighted by molar-refractivity contribution is 0.138. The van der Waals surface area contributed by atoms with Crippen LogP contribution in [-0.4, -0.2) is 48.0 Å². The first-order valence-corrected chi connectivity index (χ1v) is 8.20. The van der Waals surface area contributed by atoms with Crippen molar-refractivity contribution in [2.75, 3.05) is 26.2 Å². The van der Waals surface area contributed by atoms with Gasteiger partial charge in [-0.05, 0) is 22.4 Å². The van der Waals surface area contributed by atoms with E-state index in [9.17, 15) is 4.79 Å². The second kappa shape index (κ2) is 7.82. The molecule has 6 N–H and O–H groups in total. The Labute approximate surface area is 146 Å². The van der Waals surface area contributed by atoms with Crippen LogP contribution in [0.2, 0.25) is 0 Å². The van der Waals surface area contributed by atoms with Crippen molar-refractivity contribution in [3.8, 4) is 0 Å². The molecule has 0 spiro atoms. The lowest BCUT2D eigenvalue weighted by Crippen LogP contribution is -2.53. The molecular weight excluding hydrogens is 318 g/mol. The van der Waals surface area contributed by atoms with E-state index in [0.29, 0.717) is 13.1 Å². The van der Waals surface area contributed by atoms with E-state index in [-0.39, 0.29) is 12.0 Å². The third kappa shape index (κ3) is 4.37. The van der Waals surface area contributed by atoms with Gasteiger partial charge >= 0.3 is 6.03 Å². The summed E-state index contributed by atoms with van der Waals surface area (Å²) in [5.41, 5.74) is 8.83. The zero-order valence-corrected chi connectivity index (χ0v) is 14.0. The van der Waals surface area contributed by atoms with Gasteiger partial charge in [0, 0.05) is 32.7 Å². The van der Waals surface area contributed by atoms with Crippen LogP contribution in [0.5, 0.6) is 0 Å². The fraction of sp³-hybridized carbons (Fsp3) is 0.294. The van der Waals surface area contributed by atoms with E-state index in [2.05, 4.69) is 51.7 Å². The molecule has 0 aliphatic carbocycles. The third-order valence-electron chi connectivity index (χ3n) is 4.30. The van der Waals surface area contributed by atoms with Gasteiger partial charge < -0.3 is 10.6 Å². The predicted octanol–water partition coefficient (Wildman–Crippen LogP) is 0.360. The minimum Gasteiger partial charge on any atom is -0.368 e. The third-order valence-corrected chi connectivity index (χ3v) is 4.30. The lowest BCUT2D eigenvalue weighted by atomic mass is 10.1. The SMILES string of the molecule is NN/N=C(\N)NC(=O)N1CCN(Cc2ccc3ccccc3c2)CC1. The van der Waals surface area contributed by atoms with Gasteiger partial charge in [0.05, 0.1) is 0 Å². The van der Waals surface area contributed by atoms with Crippen molar-refractivity contribution >= 4 is 22.8 Å². The number of benzene rings is 2. The van der Waals surface area contributed by atoms with Crippen molar-refractivity contribution in [3.63, 3.8) is 0 Å². The summed E-state index contributed by atoms with van der Waals surface area (Å²) in [4.78, 5) is 16.1. The zero-order valence-electron chi connectivity index (χ0n) is 14.0. The van der Waals surface area contributed by atoms with E-state index in [1.807, 2.05) is 11.6 Å². The van der Waals surface area contributed by atoms with Gasteiger partial charge in [0.1, 0.15) is 0 Å². The van der Waals surface area contributed by atoms with Gasteiger partial charge in [0.25, 0.3) is 0 Å². The quantitative estimate of drug-likeness (QED) is 0.279. The average molecular weight is 341 g/mol. The van der Waals surface area contributed by atoms with Crippen molar-refractivity contribution in [1.82, 2.24) is 20.7 Å². The molecule has 1 aliphatic heterocycles. The van der Waals surface area contributed by atoms with Crippen molar-refractivity contribution in [1.29, 1.82) is 0 Å². The maximum Gasteiger partial charge on any atom is 0.324 e. The second-order valence-electron chi connectivity index (χ2n) is 6.00. The Morgan fingerprint density at radius 2 is 1.80 bits per heavy atom. The Morgan fingerprint density at radius 3 is 2.52 bits per heavy atom. The fourth-order valence-corrected chi connectivity index (χ4v) is 2.99. The van der Waals surface area contributed by atoms with E-state index < -0.39 is 0 Å². The fourth-order valence-electron chi connectivity index (χ4n) is 2.99. The van der Waals surface area contributed by atoms with Crippen LogP contribution in [0.4, 0.5) is 4.79 Å². The molecule has 132 valence electrons. The van der Waals surface area contributed by atoms with Gasteiger partial charge in [-0.15, -0.1) is 5.10 Å². The molecule has 25 heavy (non-hydrogen) atoms. The number of carbonyl (C=O) groups is 1. The number of hydrogen-bond donors (Lipinski definition) is 4. The van der Waals surface area contributed by atoms with E-state index in [4.69, 9.17) is 11.6 Å². The van der Waals surface area contributed by atoms with Crippen LogP contribution in [0.1, 0.15) is 5.56 Å². The van der Waals surface area contributed by atoms with Crippen LogP contribution in [0.25, 0.3) is 10.8 Å². The molecule has 0 unspecified atom stereocenters. The van der Waals surface area contributed by atoms with Gasteiger partial charge in [-0.2, -0.15) is 0 Å². The van der Waals surface area contributed by atoms with Gasteiger partial charge in [-0.25, -0.2) is 16.2 Å². The molecule has 2 aromatic rings. The first-order valence-electron chi connectivity index (χ1n) is 8.20. The summed E-state index contributed by atoms with van der Waals surface area (Å²) in [5.74, 6) is 4.97. The lowest BCUT2D eigenvalue weighted by Gasteiger charge is -2.34. The molecule has 2 amide bonds. The largest absolute Gasteiger partial charge is 0.368 e. The number of hydrazine groups is 1. The zero-order chi connectivity index (χ0) is 17.6. The molecule has 1 heterocycles. The summed E-state index contributed by atoms with van der Waals surface area (Å²) >= 11 is 0. The second-order valence-corrected chi connectivity index (χ2v) is 6.00. The number of amides is 2. The number of nitrogens with two attached hydrogens (primary N) is 2. The van der Waals surface area contributed by atoms with Crippen LogP contribution < -0.4 is 22.4 Å². The number of piperazine rings is 1. The number of nitrogens with zero attached hydrogens (tertiary/aromatic N) is 3. The molecule has 1 aliphatic rings. The number of guanidine groups is 1. The van der Waals surface area contributed by atoms with Crippen molar-refractivity contribution in [2.45, 2.75) is 6.54 Å². The number of nitrogens with one attached hydrogen (secondary N) is 2. The Kier molecular flexibility index (Phi) is 5.32. The van der Waals surface area contributed by atoms with E-state index in [0.717, 1.165) is 19.6 Å². The molecule has 1 saturated heterocycles. The normalized spacial score (nSPS) is 16.0. The van der Waals surface area contributed by atoms with Gasteiger partial charge in [-0.1, -0.05) is 36.4 Å².